The van der Waals surface area contributed by atoms with Gasteiger partial charge in [-0.25, -0.2) is 4.98 Å². The quantitative estimate of drug-likeness (QED) is 0.546. The number of rotatable bonds is 0. The lowest BCUT2D eigenvalue weighted by molar-refractivity contribution is 1.23. The summed E-state index contributed by atoms with van der Waals surface area (Å²) in [5, 5.41) is 16.7. The van der Waals surface area contributed by atoms with Crippen LogP contribution < -0.4 is 0 Å². The third kappa shape index (κ3) is 2.66. The predicted molar refractivity (Wildman–Crippen MR) is 46.1 cm³/mol. The van der Waals surface area contributed by atoms with Crippen LogP contribution in [0.2, 0.25) is 0 Å². The summed E-state index contributed by atoms with van der Waals surface area (Å²) in [5.74, 6) is 5.31. The van der Waals surface area contributed by atoms with Gasteiger partial charge in [0, 0.05) is 0 Å². The van der Waals surface area contributed by atoms with Crippen LogP contribution in [0.1, 0.15) is 17.8 Å². The molecule has 0 aliphatic heterocycles. The second-order valence-electron chi connectivity index (χ2n) is 2.16. The molecule has 0 aliphatic rings. The molecule has 3 nitrogen and oxygen atoms in total. The Kier molecular flexibility index (Phi) is 3.07. The molecule has 0 saturated heterocycles. The van der Waals surface area contributed by atoms with Crippen LogP contribution in [0.15, 0.2) is 18.2 Å². The van der Waals surface area contributed by atoms with Crippen molar-refractivity contribution in [3.8, 4) is 24.0 Å². The summed E-state index contributed by atoms with van der Waals surface area (Å²) in [7, 11) is 0. The molecular formula is C10H5N3. The molecule has 1 heterocycles. The van der Waals surface area contributed by atoms with Gasteiger partial charge >= 0.3 is 0 Å². The van der Waals surface area contributed by atoms with Gasteiger partial charge in [0.15, 0.2) is 0 Å². The smallest absolute Gasteiger partial charge is 0.141 e. The van der Waals surface area contributed by atoms with Gasteiger partial charge in [0.25, 0.3) is 0 Å². The Balaban J connectivity index is 2.88. The zero-order valence-electron chi connectivity index (χ0n) is 6.78. The first kappa shape index (κ1) is 8.78. The van der Waals surface area contributed by atoms with Gasteiger partial charge in [0.05, 0.1) is 12.5 Å². The van der Waals surface area contributed by atoms with Crippen molar-refractivity contribution >= 4 is 0 Å². The molecule has 0 amide bonds. The molecule has 0 radical (unpaired) electrons. The van der Waals surface area contributed by atoms with E-state index in [1.807, 2.05) is 12.1 Å². The Hall–Kier alpha value is -2.31. The van der Waals surface area contributed by atoms with Gasteiger partial charge in [-0.2, -0.15) is 10.5 Å². The number of nitrogens with zero attached hydrogens (tertiary/aromatic N) is 3. The Bertz CT molecular complexity index is 438. The highest BCUT2D eigenvalue weighted by molar-refractivity contribution is 5.32. The van der Waals surface area contributed by atoms with Crippen molar-refractivity contribution in [2.24, 2.45) is 0 Å². The van der Waals surface area contributed by atoms with E-state index >= 15 is 0 Å². The van der Waals surface area contributed by atoms with Gasteiger partial charge in [-0.15, -0.1) is 0 Å². The van der Waals surface area contributed by atoms with Crippen LogP contribution in [-0.4, -0.2) is 4.98 Å². The number of pyridine rings is 1. The van der Waals surface area contributed by atoms with Crippen molar-refractivity contribution in [3.63, 3.8) is 0 Å². The Morgan fingerprint density at radius 1 is 1.23 bits per heavy atom. The molecule has 0 atom stereocenters. The maximum absolute atomic E-state index is 8.52. The highest BCUT2D eigenvalue weighted by Gasteiger charge is 1.91. The molecule has 13 heavy (non-hydrogen) atoms. The Morgan fingerprint density at radius 3 is 2.69 bits per heavy atom. The number of aromatic nitrogens is 1. The lowest BCUT2D eigenvalue weighted by Gasteiger charge is -1.88. The molecule has 1 aromatic heterocycles. The van der Waals surface area contributed by atoms with Crippen molar-refractivity contribution in [1.29, 1.82) is 10.5 Å². The molecule has 0 unspecified atom stereocenters. The zero-order valence-corrected chi connectivity index (χ0v) is 6.78. The van der Waals surface area contributed by atoms with Crippen LogP contribution in [0.5, 0.6) is 0 Å². The van der Waals surface area contributed by atoms with Gasteiger partial charge in [-0.3, -0.25) is 0 Å². The van der Waals surface area contributed by atoms with Crippen molar-refractivity contribution in [2.45, 2.75) is 6.42 Å². The fraction of sp³-hybridized carbons (Fsp3) is 0.100. The largest absolute Gasteiger partial charge is 0.229 e. The zero-order chi connectivity index (χ0) is 9.52. The summed E-state index contributed by atoms with van der Waals surface area (Å²) in [5.41, 5.74) is 0.859. The van der Waals surface area contributed by atoms with Gasteiger partial charge in [0.2, 0.25) is 0 Å². The Labute approximate surface area is 76.3 Å². The SMILES string of the molecule is N#CCC#Cc1cccc(C#N)n1. The maximum Gasteiger partial charge on any atom is 0.141 e. The number of nitriles is 2. The van der Waals surface area contributed by atoms with Gasteiger partial charge < -0.3 is 0 Å². The molecular weight excluding hydrogens is 162 g/mol. The average Bonchev–Trinajstić information content (AvgIpc) is 2.19. The molecule has 1 aromatic rings. The lowest BCUT2D eigenvalue weighted by atomic mass is 10.3. The fourth-order valence-corrected chi connectivity index (χ4v) is 0.741. The maximum atomic E-state index is 8.52. The van der Waals surface area contributed by atoms with E-state index in [1.54, 1.807) is 18.2 Å². The van der Waals surface area contributed by atoms with E-state index in [9.17, 15) is 0 Å². The summed E-state index contributed by atoms with van der Waals surface area (Å²) in [6, 6.07) is 8.83. The van der Waals surface area contributed by atoms with Crippen LogP contribution in [0.25, 0.3) is 0 Å². The molecule has 0 spiro atoms. The number of hydrogen-bond acceptors (Lipinski definition) is 3. The van der Waals surface area contributed by atoms with Crippen LogP contribution in [0, 0.1) is 34.5 Å². The van der Waals surface area contributed by atoms with E-state index < -0.39 is 0 Å². The predicted octanol–water partition coefficient (Wildman–Crippen LogP) is 1.22. The van der Waals surface area contributed by atoms with E-state index in [1.165, 1.54) is 0 Å². The van der Waals surface area contributed by atoms with Crippen molar-refractivity contribution in [1.82, 2.24) is 4.98 Å². The molecule has 0 saturated carbocycles. The summed E-state index contributed by atoms with van der Waals surface area (Å²) in [6.45, 7) is 0. The van der Waals surface area contributed by atoms with Gasteiger partial charge in [0.1, 0.15) is 17.5 Å². The highest BCUT2D eigenvalue weighted by atomic mass is 14.7. The molecule has 0 bridgehead atoms. The van der Waals surface area contributed by atoms with Crippen LogP contribution in [0.3, 0.4) is 0 Å². The van der Waals surface area contributed by atoms with Crippen LogP contribution in [-0.2, 0) is 0 Å². The summed E-state index contributed by atoms with van der Waals surface area (Å²) in [4.78, 5) is 3.92. The monoisotopic (exact) mass is 167 g/mol. The fourth-order valence-electron chi connectivity index (χ4n) is 0.741. The van der Waals surface area contributed by atoms with E-state index in [0.717, 1.165) is 0 Å². The van der Waals surface area contributed by atoms with E-state index in [-0.39, 0.29) is 6.42 Å². The second-order valence-corrected chi connectivity index (χ2v) is 2.16. The van der Waals surface area contributed by atoms with E-state index in [2.05, 4.69) is 16.8 Å². The van der Waals surface area contributed by atoms with Crippen LogP contribution >= 0.6 is 0 Å². The third-order valence-electron chi connectivity index (χ3n) is 1.25. The molecule has 1 rings (SSSR count). The van der Waals surface area contributed by atoms with Crippen molar-refractivity contribution in [2.75, 3.05) is 0 Å². The summed E-state index contributed by atoms with van der Waals surface area (Å²) in [6.07, 6.45) is 0.179. The van der Waals surface area contributed by atoms with Gasteiger partial charge in [-0.1, -0.05) is 12.0 Å². The normalized spacial score (nSPS) is 7.54. The molecule has 3 heteroatoms. The molecule has 60 valence electrons. The molecule has 0 aromatic carbocycles. The highest BCUT2D eigenvalue weighted by Crippen LogP contribution is 1.95. The van der Waals surface area contributed by atoms with Crippen LogP contribution in [0.4, 0.5) is 0 Å². The molecule has 0 aliphatic carbocycles. The standard InChI is InChI=1S/C10H5N3/c11-7-2-1-4-9-5-3-6-10(8-12)13-9/h3,5-6H,2H2. The van der Waals surface area contributed by atoms with Crippen molar-refractivity contribution in [3.05, 3.63) is 29.6 Å². The van der Waals surface area contributed by atoms with Gasteiger partial charge in [-0.05, 0) is 18.1 Å². The first-order valence-electron chi connectivity index (χ1n) is 3.60. The topological polar surface area (TPSA) is 60.5 Å². The first-order chi connectivity index (χ1) is 6.36. The third-order valence-corrected chi connectivity index (χ3v) is 1.25. The summed E-state index contributed by atoms with van der Waals surface area (Å²) < 4.78 is 0. The van der Waals surface area contributed by atoms with Crippen molar-refractivity contribution < 1.29 is 0 Å². The minimum atomic E-state index is 0.179. The second kappa shape index (κ2) is 4.54. The minimum absolute atomic E-state index is 0.179. The molecule has 0 N–H and O–H groups in total. The van der Waals surface area contributed by atoms with E-state index in [4.69, 9.17) is 10.5 Å². The average molecular weight is 167 g/mol. The molecule has 0 fully saturated rings. The number of hydrogen-bond donors (Lipinski definition) is 0. The summed E-state index contributed by atoms with van der Waals surface area (Å²) >= 11 is 0. The van der Waals surface area contributed by atoms with E-state index in [0.29, 0.717) is 11.4 Å². The lowest BCUT2D eigenvalue weighted by Crippen LogP contribution is -1.85. The Morgan fingerprint density at radius 2 is 2.00 bits per heavy atom. The minimum Gasteiger partial charge on any atom is -0.229 e. The first-order valence-corrected chi connectivity index (χ1v) is 3.60.